The number of rotatable bonds is 3. The molecule has 62 valence electrons. The van der Waals surface area contributed by atoms with E-state index in [-0.39, 0.29) is 0 Å². The van der Waals surface area contributed by atoms with Crippen LogP contribution in [0.15, 0.2) is 6.20 Å². The summed E-state index contributed by atoms with van der Waals surface area (Å²) in [4.78, 5) is 0. The molecule has 0 aliphatic rings. The van der Waals surface area contributed by atoms with E-state index in [1.807, 2.05) is 6.92 Å². The highest BCUT2D eigenvalue weighted by atomic mass is 16.3. The maximum atomic E-state index is 9.53. The van der Waals surface area contributed by atoms with E-state index < -0.39 is 5.72 Å². The van der Waals surface area contributed by atoms with Gasteiger partial charge in [0.15, 0.2) is 5.72 Å². The molecule has 1 aromatic rings. The number of hydrogen-bond donors (Lipinski definition) is 3. The first-order valence-electron chi connectivity index (χ1n) is 3.54. The number of nitrogens with zero attached hydrogens (tertiary/aromatic N) is 2. The summed E-state index contributed by atoms with van der Waals surface area (Å²) >= 11 is 0. The minimum atomic E-state index is -1.33. The van der Waals surface area contributed by atoms with Crippen molar-refractivity contribution in [3.63, 3.8) is 0 Å². The van der Waals surface area contributed by atoms with Crippen LogP contribution in [0.2, 0.25) is 0 Å². The highest BCUT2D eigenvalue weighted by molar-refractivity contribution is 5.02. The molecule has 0 bridgehead atoms. The van der Waals surface area contributed by atoms with Crippen LogP contribution in [0.4, 0.5) is 0 Å². The number of aromatic nitrogens is 3. The van der Waals surface area contributed by atoms with Gasteiger partial charge in [-0.25, -0.2) is 0 Å². The zero-order valence-electron chi connectivity index (χ0n) is 6.41. The standard InChI is InChI=1S/C6H12N4O/c1-2-3-6(7,11)5-4-8-10-9-5/h4,11H,2-3,7H2,1H3,(H,8,9,10). The highest BCUT2D eigenvalue weighted by Crippen LogP contribution is 2.16. The molecule has 0 radical (unpaired) electrons. The maximum absolute atomic E-state index is 9.53. The van der Waals surface area contributed by atoms with Crippen molar-refractivity contribution in [3.05, 3.63) is 11.9 Å². The Morgan fingerprint density at radius 2 is 2.55 bits per heavy atom. The molecule has 1 unspecified atom stereocenters. The number of nitrogens with one attached hydrogen (secondary N) is 1. The van der Waals surface area contributed by atoms with Crippen LogP contribution in [0.25, 0.3) is 0 Å². The van der Waals surface area contributed by atoms with Crippen molar-refractivity contribution < 1.29 is 5.11 Å². The summed E-state index contributed by atoms with van der Waals surface area (Å²) in [5.41, 5.74) is 4.58. The molecule has 0 spiro atoms. The molecule has 0 fully saturated rings. The molecule has 4 N–H and O–H groups in total. The number of H-pyrrole nitrogens is 1. The van der Waals surface area contributed by atoms with Crippen molar-refractivity contribution in [3.8, 4) is 0 Å². The molecule has 0 saturated heterocycles. The smallest absolute Gasteiger partial charge is 0.160 e. The maximum Gasteiger partial charge on any atom is 0.160 e. The lowest BCUT2D eigenvalue weighted by Gasteiger charge is -2.18. The molecular formula is C6H12N4O. The Kier molecular flexibility index (Phi) is 2.21. The van der Waals surface area contributed by atoms with Gasteiger partial charge in [0.05, 0.1) is 6.20 Å². The topological polar surface area (TPSA) is 87.8 Å². The molecule has 1 heterocycles. The van der Waals surface area contributed by atoms with Gasteiger partial charge in [0.2, 0.25) is 0 Å². The zero-order chi connectivity index (χ0) is 8.32. The SMILES string of the molecule is CCCC(N)(O)c1cn[nH]n1. The second-order valence-electron chi connectivity index (χ2n) is 2.53. The average Bonchev–Trinajstić information content (AvgIpc) is 2.37. The molecule has 1 aromatic heterocycles. The predicted molar refractivity (Wildman–Crippen MR) is 39.4 cm³/mol. The van der Waals surface area contributed by atoms with Gasteiger partial charge in [0.1, 0.15) is 5.69 Å². The molecule has 0 aromatic carbocycles. The van der Waals surface area contributed by atoms with Gasteiger partial charge >= 0.3 is 0 Å². The lowest BCUT2D eigenvalue weighted by molar-refractivity contribution is 0.0290. The largest absolute Gasteiger partial charge is 0.370 e. The molecular weight excluding hydrogens is 144 g/mol. The average molecular weight is 156 g/mol. The van der Waals surface area contributed by atoms with Crippen molar-refractivity contribution in [2.45, 2.75) is 25.5 Å². The van der Waals surface area contributed by atoms with Crippen molar-refractivity contribution in [2.24, 2.45) is 5.73 Å². The van der Waals surface area contributed by atoms with E-state index in [4.69, 9.17) is 5.73 Å². The summed E-state index contributed by atoms with van der Waals surface area (Å²) in [5, 5.41) is 19.2. The van der Waals surface area contributed by atoms with Crippen LogP contribution in [-0.4, -0.2) is 20.5 Å². The van der Waals surface area contributed by atoms with Gasteiger partial charge in [0, 0.05) is 0 Å². The summed E-state index contributed by atoms with van der Waals surface area (Å²) in [5.74, 6) is 0. The van der Waals surface area contributed by atoms with E-state index in [9.17, 15) is 5.11 Å². The number of aromatic amines is 1. The molecule has 11 heavy (non-hydrogen) atoms. The molecule has 0 aliphatic heterocycles. The van der Waals surface area contributed by atoms with E-state index in [1.165, 1.54) is 6.20 Å². The monoisotopic (exact) mass is 156 g/mol. The highest BCUT2D eigenvalue weighted by Gasteiger charge is 2.24. The molecule has 1 rings (SSSR count). The van der Waals surface area contributed by atoms with Gasteiger partial charge in [-0.3, -0.25) is 5.73 Å². The van der Waals surface area contributed by atoms with Gasteiger partial charge in [-0.2, -0.15) is 15.4 Å². The summed E-state index contributed by atoms with van der Waals surface area (Å²) in [6.45, 7) is 1.94. The third kappa shape index (κ3) is 1.75. The summed E-state index contributed by atoms with van der Waals surface area (Å²) in [7, 11) is 0. The van der Waals surface area contributed by atoms with Crippen LogP contribution in [-0.2, 0) is 5.72 Å². The van der Waals surface area contributed by atoms with Crippen molar-refractivity contribution in [1.29, 1.82) is 0 Å². The summed E-state index contributed by atoms with van der Waals surface area (Å²) in [6.07, 6.45) is 2.72. The number of nitrogens with two attached hydrogens (primary N) is 1. The Morgan fingerprint density at radius 3 is 3.00 bits per heavy atom. The van der Waals surface area contributed by atoms with Crippen LogP contribution >= 0.6 is 0 Å². The van der Waals surface area contributed by atoms with Gasteiger partial charge in [-0.1, -0.05) is 13.3 Å². The fourth-order valence-corrected chi connectivity index (χ4v) is 0.919. The second-order valence-corrected chi connectivity index (χ2v) is 2.53. The fourth-order valence-electron chi connectivity index (χ4n) is 0.919. The van der Waals surface area contributed by atoms with Crippen LogP contribution in [0, 0.1) is 0 Å². The molecule has 5 heteroatoms. The predicted octanol–water partition coefficient (Wildman–Crippen LogP) is -0.291. The van der Waals surface area contributed by atoms with Crippen molar-refractivity contribution >= 4 is 0 Å². The Labute approximate surface area is 64.6 Å². The van der Waals surface area contributed by atoms with Crippen LogP contribution < -0.4 is 5.73 Å². The van der Waals surface area contributed by atoms with E-state index >= 15 is 0 Å². The molecule has 0 amide bonds. The van der Waals surface area contributed by atoms with E-state index in [2.05, 4.69) is 15.4 Å². The normalized spacial score (nSPS) is 16.3. The van der Waals surface area contributed by atoms with Crippen LogP contribution in [0.5, 0.6) is 0 Å². The summed E-state index contributed by atoms with van der Waals surface area (Å²) < 4.78 is 0. The first-order valence-corrected chi connectivity index (χ1v) is 3.54. The summed E-state index contributed by atoms with van der Waals surface area (Å²) in [6, 6.07) is 0. The number of hydrogen-bond acceptors (Lipinski definition) is 4. The Bertz CT molecular complexity index is 206. The lowest BCUT2D eigenvalue weighted by atomic mass is 10.1. The Balaban J connectivity index is 2.73. The van der Waals surface area contributed by atoms with Crippen LogP contribution in [0.1, 0.15) is 25.5 Å². The third-order valence-corrected chi connectivity index (χ3v) is 1.49. The second kappa shape index (κ2) is 2.98. The van der Waals surface area contributed by atoms with E-state index in [0.717, 1.165) is 6.42 Å². The van der Waals surface area contributed by atoms with E-state index in [1.54, 1.807) is 0 Å². The molecule has 0 aliphatic carbocycles. The fraction of sp³-hybridized carbons (Fsp3) is 0.667. The zero-order valence-corrected chi connectivity index (χ0v) is 6.41. The molecule has 5 nitrogen and oxygen atoms in total. The molecule has 0 saturated carbocycles. The first-order chi connectivity index (χ1) is 5.17. The molecule has 1 atom stereocenters. The van der Waals surface area contributed by atoms with Crippen molar-refractivity contribution in [1.82, 2.24) is 15.4 Å². The van der Waals surface area contributed by atoms with Gasteiger partial charge in [0.25, 0.3) is 0 Å². The lowest BCUT2D eigenvalue weighted by Crippen LogP contribution is -2.36. The Hall–Kier alpha value is -0.940. The van der Waals surface area contributed by atoms with Crippen molar-refractivity contribution in [2.75, 3.05) is 0 Å². The quantitative estimate of drug-likeness (QED) is 0.525. The number of aliphatic hydroxyl groups is 1. The van der Waals surface area contributed by atoms with Crippen LogP contribution in [0.3, 0.4) is 0 Å². The minimum absolute atomic E-state index is 0.388. The minimum Gasteiger partial charge on any atom is -0.370 e. The third-order valence-electron chi connectivity index (χ3n) is 1.49. The van der Waals surface area contributed by atoms with Gasteiger partial charge in [-0.15, -0.1) is 0 Å². The van der Waals surface area contributed by atoms with Gasteiger partial charge < -0.3 is 5.11 Å². The van der Waals surface area contributed by atoms with Gasteiger partial charge in [-0.05, 0) is 6.42 Å². The Morgan fingerprint density at radius 1 is 1.82 bits per heavy atom. The first kappa shape index (κ1) is 8.16. The van der Waals surface area contributed by atoms with E-state index in [0.29, 0.717) is 12.1 Å².